The number of nitrogens with one attached hydrogen (secondary N) is 2. The van der Waals surface area contributed by atoms with Gasteiger partial charge in [0.05, 0.1) is 45.1 Å². The molecule has 3 aliphatic heterocycles. The van der Waals surface area contributed by atoms with Crippen LogP contribution in [0, 0.1) is 0 Å². The van der Waals surface area contributed by atoms with Gasteiger partial charge in [-0.3, -0.25) is 55.8 Å². The van der Waals surface area contributed by atoms with Gasteiger partial charge in [0, 0.05) is 20.0 Å². The lowest BCUT2D eigenvalue weighted by Gasteiger charge is -2.35. The summed E-state index contributed by atoms with van der Waals surface area (Å²) in [4.78, 5) is 107. The number of phosphoric ester groups is 2. The Balaban J connectivity index is 0.882. The first-order valence-corrected chi connectivity index (χ1v) is 30.4. The van der Waals surface area contributed by atoms with Crippen LogP contribution in [-0.4, -0.2) is 158 Å². The van der Waals surface area contributed by atoms with Gasteiger partial charge >= 0.3 is 5.65 Å². The number of imidazole rings is 3. The second-order valence-electron chi connectivity index (χ2n) is 17.8. The fourth-order valence-corrected chi connectivity index (χ4v) is 15.7. The van der Waals surface area contributed by atoms with E-state index in [1.54, 1.807) is 13.8 Å². The number of aromatic nitrogens is 12. The number of anilines is 3. The number of methoxy groups -OCH3 is 2. The molecule has 3 fully saturated rings. The van der Waals surface area contributed by atoms with Crippen molar-refractivity contribution >= 4 is 92.9 Å². The molecular weight excluding hydrogens is 1170 g/mol. The topological polar surface area (TPSA) is 542 Å². The van der Waals surface area contributed by atoms with Crippen LogP contribution in [0.4, 0.5) is 17.7 Å². The largest absolute Gasteiger partial charge is 0.770 e. The molecule has 0 saturated carbocycles. The Morgan fingerprint density at radius 2 is 1.37 bits per heavy atom. The number of nitrogens with zero attached hydrogens (tertiary/aromatic N) is 10. The van der Waals surface area contributed by atoms with Crippen LogP contribution in [0.5, 0.6) is 0 Å². The van der Waals surface area contributed by atoms with E-state index in [2.05, 4.69) is 48.5 Å². The van der Waals surface area contributed by atoms with Crippen LogP contribution >= 0.6 is 41.6 Å². The number of aliphatic hydroxyl groups excluding tert-OH is 2. The second-order valence-corrected chi connectivity index (χ2v) is 26.1. The van der Waals surface area contributed by atoms with Gasteiger partial charge in [-0.1, -0.05) is 16.4 Å². The van der Waals surface area contributed by atoms with Gasteiger partial charge in [-0.15, -0.1) is 0 Å². The lowest BCUT2D eigenvalue weighted by molar-refractivity contribution is -0.745. The van der Waals surface area contributed by atoms with E-state index in [1.807, 2.05) is 0 Å². The van der Waals surface area contributed by atoms with Gasteiger partial charge in [0.1, 0.15) is 60.7 Å². The molecule has 79 heavy (non-hydrogen) atoms. The number of nitrogens with two attached hydrogens (primary N) is 3. The highest BCUT2D eigenvalue weighted by Gasteiger charge is 2.52. The van der Waals surface area contributed by atoms with Crippen molar-refractivity contribution in [2.45, 2.75) is 93.6 Å². The minimum Gasteiger partial charge on any atom is -0.770 e. The number of aromatic amines is 2. The minimum atomic E-state index is -6.46. The third-order valence-electron chi connectivity index (χ3n) is 12.2. The van der Waals surface area contributed by atoms with Crippen molar-refractivity contribution in [3.8, 4) is 0 Å². The van der Waals surface area contributed by atoms with Gasteiger partial charge in [-0.25, -0.2) is 28.8 Å². The highest BCUT2D eigenvalue weighted by atomic mass is 32.7. The second kappa shape index (κ2) is 22.5. The zero-order chi connectivity index (χ0) is 57.3. The SMILES string of the molecule is COC1[C@@H](OP(=O)([O-])OC[C@H]2O[C@@H](n3cnc4c(=O)[nH]c(N)nc43)C(O)[C@H]2OC(C)C)[C@@H](CSP(=O)([O-])OP(=O)([O-])OP(=O)([O-])OC[C@H]2O[C@@H]([n+]3cn(C)c4c(=O)[nH]c(N)nc43)C(O)[C@H]2OC)O[C@H]1n1cnc2c(N)ncnc21. The van der Waals surface area contributed by atoms with Gasteiger partial charge in [0.25, 0.3) is 40.5 Å². The number of nitrogen functional groups attached to an aromatic ring is 3. The number of aliphatic hydroxyl groups is 2. The van der Waals surface area contributed by atoms with Crippen molar-refractivity contribution in [3.05, 3.63) is 46.0 Å². The standard InChI is InChI=1S/C36H51N15O23P4S/c1-13(2)68-23-15(70-32(21(23)53)50-11-43-18-28(50)44-35(38)46-30(18)54)7-66-75(56,57)72-24-16(71-34(25(24)65-5)49-10-42-17-26(37)40-9-41-27(17)49)8-79-78(62,63)74-77(60,61)73-76(58,59)67-6-14-22(64-4)20(52)33(69-14)51-12-48(3)19-29(51)45-36(39)47-31(19)55/h9-16,20-25,32-34,52-53H,6-8H2,1-5H3,(H11-,37,38,39,40,41,44,45,46,47,54,55,56,57,58,59,60,61,62,63)/p-3/t14-,15-,16-,20?,21?,22+,23+,24+,25?,32-,33-,34-/m1/s1. The Hall–Kier alpha value is -4.76. The van der Waals surface area contributed by atoms with Gasteiger partial charge in [-0.2, -0.15) is 4.98 Å². The number of phosphoric acid groups is 3. The van der Waals surface area contributed by atoms with Gasteiger partial charge in [-0.05, 0) is 13.8 Å². The highest BCUT2D eigenvalue weighted by molar-refractivity contribution is 8.54. The molecule has 16 atom stereocenters. The van der Waals surface area contributed by atoms with Crippen LogP contribution in [0.15, 0.2) is 34.9 Å². The van der Waals surface area contributed by atoms with E-state index in [0.717, 1.165) is 33.2 Å². The molecule has 6 aromatic heterocycles. The summed E-state index contributed by atoms with van der Waals surface area (Å²) in [6, 6.07) is 0. The van der Waals surface area contributed by atoms with E-state index in [1.165, 1.54) is 31.6 Å². The molecule has 9 heterocycles. The molecule has 3 saturated heterocycles. The molecule has 3 aliphatic rings. The normalized spacial score (nSPS) is 29.6. The highest BCUT2D eigenvalue weighted by Crippen LogP contribution is 2.67. The summed E-state index contributed by atoms with van der Waals surface area (Å²) in [6.07, 6.45) is -14.0. The average molecular weight is 1210 g/mol. The fourth-order valence-electron chi connectivity index (χ4n) is 9.01. The monoisotopic (exact) mass is 1210 g/mol. The molecule has 434 valence electrons. The Labute approximate surface area is 445 Å². The van der Waals surface area contributed by atoms with Crippen LogP contribution in [0.1, 0.15) is 32.5 Å². The number of aryl methyl sites for hydroxylation is 1. The van der Waals surface area contributed by atoms with Crippen LogP contribution in [0.25, 0.3) is 33.5 Å². The third kappa shape index (κ3) is 12.2. The maximum Gasteiger partial charge on any atom is 0.313 e. The lowest BCUT2D eigenvalue weighted by Crippen LogP contribution is -2.46. The molecule has 43 heteroatoms. The number of hydrogen-bond acceptors (Lipinski definition) is 33. The molecule has 0 bridgehead atoms. The molecule has 38 nitrogen and oxygen atoms in total. The summed E-state index contributed by atoms with van der Waals surface area (Å²) in [6.45, 7) is -4.65. The molecule has 7 unspecified atom stereocenters. The van der Waals surface area contributed by atoms with Crippen LogP contribution in [0.3, 0.4) is 0 Å². The van der Waals surface area contributed by atoms with Crippen molar-refractivity contribution in [1.82, 2.24) is 53.6 Å². The maximum atomic E-state index is 13.9. The quantitative estimate of drug-likeness (QED) is 0.0249. The number of ether oxygens (including phenoxy) is 6. The van der Waals surface area contributed by atoms with Crippen molar-refractivity contribution in [2.24, 2.45) is 7.05 Å². The molecular formula is C36H48N15O23P4S-3. The Kier molecular flexibility index (Phi) is 16.8. The number of rotatable bonds is 22. The molecule has 9 rings (SSSR count). The maximum absolute atomic E-state index is 13.9. The number of hydrogen-bond donors (Lipinski definition) is 7. The number of H-pyrrole nitrogens is 2. The van der Waals surface area contributed by atoms with Crippen LogP contribution in [0.2, 0.25) is 0 Å². The molecule has 6 aromatic rings. The third-order valence-corrected chi connectivity index (χ3v) is 19.6. The first-order valence-electron chi connectivity index (χ1n) is 22.8. The zero-order valence-electron chi connectivity index (χ0n) is 41.3. The predicted octanol–water partition coefficient (Wildman–Crippen LogP) is -4.44. The average Bonchev–Trinajstić information content (AvgIpc) is 4.40. The Morgan fingerprint density at radius 1 is 0.747 bits per heavy atom. The first kappa shape index (κ1) is 58.9. The van der Waals surface area contributed by atoms with E-state index in [0.29, 0.717) is 0 Å². The predicted molar refractivity (Wildman–Crippen MR) is 255 cm³/mol. The molecule has 0 aliphatic carbocycles. The summed E-state index contributed by atoms with van der Waals surface area (Å²) in [5.41, 5.74) is 15.8. The van der Waals surface area contributed by atoms with Gasteiger partial charge in [0.2, 0.25) is 17.7 Å². The Morgan fingerprint density at radius 3 is 2.05 bits per heavy atom. The van der Waals surface area contributed by atoms with E-state index < -0.39 is 140 Å². The van der Waals surface area contributed by atoms with E-state index >= 15 is 0 Å². The summed E-state index contributed by atoms with van der Waals surface area (Å²) in [5.74, 6) is -1.60. The smallest absolute Gasteiger partial charge is 0.313 e. The van der Waals surface area contributed by atoms with Gasteiger partial charge in [0.15, 0.2) is 48.2 Å². The molecule has 0 spiro atoms. The number of fused-ring (bicyclic) bond motifs is 3. The molecule has 10 N–H and O–H groups in total. The molecule has 0 amide bonds. The molecule has 0 radical (unpaired) electrons. The van der Waals surface area contributed by atoms with Crippen LogP contribution < -0.4 is 52.5 Å². The van der Waals surface area contributed by atoms with Gasteiger partial charge < -0.3 is 89.0 Å². The van der Waals surface area contributed by atoms with Crippen molar-refractivity contribution in [1.29, 1.82) is 0 Å². The van der Waals surface area contributed by atoms with Crippen molar-refractivity contribution in [3.63, 3.8) is 0 Å². The fraction of sp³-hybridized carbons (Fsp3) is 0.583. The van der Waals surface area contributed by atoms with E-state index in [9.17, 15) is 57.6 Å². The van der Waals surface area contributed by atoms with E-state index in [-0.39, 0.29) is 62.6 Å². The van der Waals surface area contributed by atoms with E-state index in [4.69, 9.17) is 59.2 Å². The summed E-state index contributed by atoms with van der Waals surface area (Å²) < 4.78 is 116. The summed E-state index contributed by atoms with van der Waals surface area (Å²) >= 11 is -0.322. The minimum absolute atomic E-state index is 0.00951. The lowest BCUT2D eigenvalue weighted by atomic mass is 10.1. The van der Waals surface area contributed by atoms with Crippen molar-refractivity contribution < 1.29 is 103 Å². The van der Waals surface area contributed by atoms with Crippen LogP contribution in [-0.2, 0) is 75.9 Å². The Bertz CT molecular complexity index is 3570. The zero-order valence-corrected chi connectivity index (χ0v) is 45.7. The summed E-state index contributed by atoms with van der Waals surface area (Å²) in [7, 11) is -14.5. The van der Waals surface area contributed by atoms with Crippen molar-refractivity contribution in [2.75, 3.05) is 50.4 Å². The molecule has 0 aromatic carbocycles. The summed E-state index contributed by atoms with van der Waals surface area (Å²) in [5, 5.41) is 22.5. The first-order chi connectivity index (χ1) is 37.1.